The summed E-state index contributed by atoms with van der Waals surface area (Å²) in [4.78, 5) is 0. The molecule has 0 aliphatic rings. The smallest absolute Gasteiger partial charge is 0.118 e. The summed E-state index contributed by atoms with van der Waals surface area (Å²) in [5, 5.41) is 21.9. The summed E-state index contributed by atoms with van der Waals surface area (Å²) in [6.07, 6.45) is 9.89. The molecule has 28 heavy (non-hydrogen) atoms. The fraction of sp³-hybridized carbons (Fsp3) is 0.385. The summed E-state index contributed by atoms with van der Waals surface area (Å²) in [6, 6.07) is 18.4. The largest absolute Gasteiger partial charge is 0.508 e. The van der Waals surface area contributed by atoms with Gasteiger partial charge in [-0.3, -0.25) is 0 Å². The van der Waals surface area contributed by atoms with Crippen molar-refractivity contribution in [3.8, 4) is 16.9 Å². The molecule has 2 N–H and O–H groups in total. The highest BCUT2D eigenvalue weighted by atomic mass is 16.3. The molecule has 148 valence electrons. The second-order valence-corrected chi connectivity index (χ2v) is 7.77. The fourth-order valence-corrected chi connectivity index (χ4v) is 3.81. The van der Waals surface area contributed by atoms with Crippen LogP contribution in [-0.4, -0.2) is 10.2 Å². The SMILES string of the molecule is CCCCCCCCCc1cc(-c2ccc3cc(CO)ccc3c2)ccc1O. The van der Waals surface area contributed by atoms with Crippen LogP contribution in [0.1, 0.15) is 63.0 Å². The normalized spacial score (nSPS) is 11.2. The van der Waals surface area contributed by atoms with Gasteiger partial charge >= 0.3 is 0 Å². The zero-order chi connectivity index (χ0) is 19.8. The van der Waals surface area contributed by atoms with Gasteiger partial charge in [-0.05, 0) is 70.1 Å². The summed E-state index contributed by atoms with van der Waals surface area (Å²) < 4.78 is 0. The maximum Gasteiger partial charge on any atom is 0.118 e. The van der Waals surface area contributed by atoms with E-state index >= 15 is 0 Å². The van der Waals surface area contributed by atoms with E-state index in [4.69, 9.17) is 0 Å². The standard InChI is InChI=1S/C26H32O2/c1-2-3-4-5-6-7-8-9-25-18-24(14-15-26(25)28)23-13-12-21-16-20(19-27)10-11-22(21)17-23/h10-18,27-28H,2-9,19H2,1H3. The molecule has 0 fully saturated rings. The summed E-state index contributed by atoms with van der Waals surface area (Å²) in [7, 11) is 0. The third kappa shape index (κ3) is 5.36. The van der Waals surface area contributed by atoms with Crippen molar-refractivity contribution in [2.75, 3.05) is 0 Å². The number of aryl methyl sites for hydroxylation is 1. The quantitative estimate of drug-likeness (QED) is 0.374. The highest BCUT2D eigenvalue weighted by Gasteiger charge is 2.06. The monoisotopic (exact) mass is 376 g/mol. The Hall–Kier alpha value is -2.32. The predicted molar refractivity (Wildman–Crippen MR) is 119 cm³/mol. The number of fused-ring (bicyclic) bond motifs is 1. The Bertz CT molecular complexity index is 898. The molecular formula is C26H32O2. The number of hydrogen-bond donors (Lipinski definition) is 2. The lowest BCUT2D eigenvalue weighted by Crippen LogP contribution is -1.90. The van der Waals surface area contributed by atoms with Crippen molar-refractivity contribution < 1.29 is 10.2 Å². The molecule has 0 unspecified atom stereocenters. The van der Waals surface area contributed by atoms with Crippen LogP contribution >= 0.6 is 0 Å². The van der Waals surface area contributed by atoms with Crippen LogP contribution in [-0.2, 0) is 13.0 Å². The van der Waals surface area contributed by atoms with Crippen molar-refractivity contribution in [3.05, 3.63) is 65.7 Å². The number of rotatable bonds is 10. The zero-order valence-electron chi connectivity index (χ0n) is 17.0. The van der Waals surface area contributed by atoms with E-state index in [0.717, 1.165) is 45.9 Å². The second-order valence-electron chi connectivity index (χ2n) is 7.77. The highest BCUT2D eigenvalue weighted by Crippen LogP contribution is 2.30. The van der Waals surface area contributed by atoms with Gasteiger partial charge < -0.3 is 10.2 Å². The highest BCUT2D eigenvalue weighted by molar-refractivity contribution is 5.88. The molecule has 3 aromatic rings. The molecule has 3 aromatic carbocycles. The number of aliphatic hydroxyl groups is 1. The number of aliphatic hydroxyl groups excluding tert-OH is 1. The average Bonchev–Trinajstić information content (AvgIpc) is 2.73. The van der Waals surface area contributed by atoms with Crippen LogP contribution in [0, 0.1) is 0 Å². The molecule has 0 heterocycles. The molecule has 3 rings (SSSR count). The van der Waals surface area contributed by atoms with E-state index in [-0.39, 0.29) is 6.61 Å². The molecule has 0 bridgehead atoms. The van der Waals surface area contributed by atoms with Gasteiger partial charge in [0.05, 0.1) is 6.61 Å². The van der Waals surface area contributed by atoms with E-state index in [0.29, 0.717) is 5.75 Å². The lowest BCUT2D eigenvalue weighted by atomic mass is 9.96. The van der Waals surface area contributed by atoms with E-state index in [9.17, 15) is 10.2 Å². The van der Waals surface area contributed by atoms with Crippen molar-refractivity contribution in [1.29, 1.82) is 0 Å². The van der Waals surface area contributed by atoms with Gasteiger partial charge in [0.1, 0.15) is 5.75 Å². The molecule has 2 heteroatoms. The molecule has 0 aliphatic carbocycles. The molecular weight excluding hydrogens is 344 g/mol. The Balaban J connectivity index is 1.67. The van der Waals surface area contributed by atoms with Gasteiger partial charge in [0.2, 0.25) is 0 Å². The molecule has 0 aromatic heterocycles. The summed E-state index contributed by atoms with van der Waals surface area (Å²) in [6.45, 7) is 2.31. The minimum absolute atomic E-state index is 0.0671. The first-order chi connectivity index (χ1) is 13.7. The van der Waals surface area contributed by atoms with Crippen molar-refractivity contribution in [2.24, 2.45) is 0 Å². The molecule has 2 nitrogen and oxygen atoms in total. The lowest BCUT2D eigenvalue weighted by Gasteiger charge is -2.10. The molecule has 0 amide bonds. The third-order valence-corrected chi connectivity index (χ3v) is 5.55. The Morgan fingerprint density at radius 2 is 1.32 bits per heavy atom. The minimum atomic E-state index is 0.0671. The van der Waals surface area contributed by atoms with Crippen LogP contribution < -0.4 is 0 Å². The van der Waals surface area contributed by atoms with Crippen LogP contribution in [0.2, 0.25) is 0 Å². The van der Waals surface area contributed by atoms with Crippen molar-refractivity contribution in [3.63, 3.8) is 0 Å². The maximum atomic E-state index is 10.3. The second kappa shape index (κ2) is 10.3. The van der Waals surface area contributed by atoms with Crippen LogP contribution in [0.25, 0.3) is 21.9 Å². The molecule has 0 aliphatic heterocycles. The summed E-state index contributed by atoms with van der Waals surface area (Å²) >= 11 is 0. The van der Waals surface area contributed by atoms with Crippen LogP contribution in [0.4, 0.5) is 0 Å². The molecule has 0 atom stereocenters. The van der Waals surface area contributed by atoms with Crippen LogP contribution in [0.3, 0.4) is 0 Å². The van der Waals surface area contributed by atoms with Crippen molar-refractivity contribution >= 4 is 10.8 Å². The first-order valence-corrected chi connectivity index (χ1v) is 10.7. The lowest BCUT2D eigenvalue weighted by molar-refractivity contribution is 0.282. The van der Waals surface area contributed by atoms with Gasteiger partial charge in [-0.2, -0.15) is 0 Å². The number of unbranched alkanes of at least 4 members (excludes halogenated alkanes) is 6. The summed E-state index contributed by atoms with van der Waals surface area (Å²) in [5.41, 5.74) is 4.28. The van der Waals surface area contributed by atoms with Crippen LogP contribution in [0.15, 0.2) is 54.6 Å². The number of aromatic hydroxyl groups is 1. The Labute approximate surface area is 168 Å². The van der Waals surface area contributed by atoms with E-state index in [1.165, 1.54) is 38.5 Å². The molecule has 0 saturated heterocycles. The number of benzene rings is 3. The molecule has 0 radical (unpaired) electrons. The Morgan fingerprint density at radius 1 is 0.679 bits per heavy atom. The molecule has 0 spiro atoms. The molecule has 0 saturated carbocycles. The Morgan fingerprint density at radius 3 is 2.11 bits per heavy atom. The van der Waals surface area contributed by atoms with E-state index in [1.54, 1.807) is 0 Å². The van der Waals surface area contributed by atoms with E-state index in [1.807, 2.05) is 24.3 Å². The maximum absolute atomic E-state index is 10.3. The van der Waals surface area contributed by atoms with E-state index < -0.39 is 0 Å². The predicted octanol–water partition coefficient (Wildman–Crippen LogP) is 7.00. The van der Waals surface area contributed by atoms with Gasteiger partial charge in [-0.1, -0.05) is 75.8 Å². The van der Waals surface area contributed by atoms with Crippen LogP contribution in [0.5, 0.6) is 5.75 Å². The number of hydrogen-bond acceptors (Lipinski definition) is 2. The van der Waals surface area contributed by atoms with E-state index in [2.05, 4.69) is 37.3 Å². The summed E-state index contributed by atoms with van der Waals surface area (Å²) in [5.74, 6) is 0.406. The zero-order valence-corrected chi connectivity index (χ0v) is 17.0. The number of phenolic OH excluding ortho intramolecular Hbond substituents is 1. The van der Waals surface area contributed by atoms with Crippen molar-refractivity contribution in [1.82, 2.24) is 0 Å². The first kappa shape index (κ1) is 20.4. The Kier molecular flexibility index (Phi) is 7.50. The number of phenols is 1. The topological polar surface area (TPSA) is 40.5 Å². The van der Waals surface area contributed by atoms with Gasteiger partial charge in [0.25, 0.3) is 0 Å². The van der Waals surface area contributed by atoms with Gasteiger partial charge in [0.15, 0.2) is 0 Å². The van der Waals surface area contributed by atoms with Gasteiger partial charge in [0, 0.05) is 0 Å². The average molecular weight is 377 g/mol. The third-order valence-electron chi connectivity index (χ3n) is 5.55. The fourth-order valence-electron chi connectivity index (χ4n) is 3.81. The van der Waals surface area contributed by atoms with Crippen molar-refractivity contribution in [2.45, 2.75) is 64.9 Å². The first-order valence-electron chi connectivity index (χ1n) is 10.7. The minimum Gasteiger partial charge on any atom is -0.508 e. The van der Waals surface area contributed by atoms with Gasteiger partial charge in [-0.15, -0.1) is 0 Å². The van der Waals surface area contributed by atoms with Gasteiger partial charge in [-0.25, -0.2) is 0 Å².